The number of amides is 2. The fourth-order valence-electron chi connectivity index (χ4n) is 4.21. The lowest BCUT2D eigenvalue weighted by atomic mass is 9.98. The number of methoxy groups -OCH3 is 1. The van der Waals surface area contributed by atoms with Crippen LogP contribution in [0.25, 0.3) is 0 Å². The number of likely N-dealkylation sites (N-methyl/N-ethyl adjacent to an activating group) is 1. The molecule has 0 N–H and O–H groups in total. The summed E-state index contributed by atoms with van der Waals surface area (Å²) in [5, 5.41) is 0.576. The highest BCUT2D eigenvalue weighted by Crippen LogP contribution is 2.36. The molecule has 2 aliphatic rings. The van der Waals surface area contributed by atoms with Gasteiger partial charge in [-0.05, 0) is 24.6 Å². The lowest BCUT2D eigenvalue weighted by molar-refractivity contribution is -0.132. The van der Waals surface area contributed by atoms with Gasteiger partial charge in [0.1, 0.15) is 18.5 Å². The smallest absolute Gasteiger partial charge is 0.248 e. The highest BCUT2D eigenvalue weighted by Gasteiger charge is 2.34. The van der Waals surface area contributed by atoms with Gasteiger partial charge in [0, 0.05) is 49.3 Å². The zero-order chi connectivity index (χ0) is 24.2. The SMILES string of the molecule is CCN(C(=O)CN1C[C@H](c2ccc(OC)c(O[C@@H]3CCOC3)c2)CC1=O)c1nc(C(C)C)ns1. The van der Waals surface area contributed by atoms with Gasteiger partial charge >= 0.3 is 0 Å². The van der Waals surface area contributed by atoms with Crippen molar-refractivity contribution in [2.45, 2.75) is 51.6 Å². The predicted octanol–water partition coefficient (Wildman–Crippen LogP) is 3.21. The molecule has 4 rings (SSSR count). The molecule has 0 saturated carbocycles. The van der Waals surface area contributed by atoms with Gasteiger partial charge in [0.15, 0.2) is 11.5 Å². The second-order valence-corrected chi connectivity index (χ2v) is 9.65. The number of benzene rings is 1. The Bertz CT molecular complexity index is 1020. The Morgan fingerprint density at radius 1 is 1.35 bits per heavy atom. The van der Waals surface area contributed by atoms with Crippen LogP contribution in [0.5, 0.6) is 11.5 Å². The first-order valence-electron chi connectivity index (χ1n) is 11.7. The number of hydrogen-bond acceptors (Lipinski definition) is 8. The predicted molar refractivity (Wildman–Crippen MR) is 129 cm³/mol. The summed E-state index contributed by atoms with van der Waals surface area (Å²) in [6.07, 6.45) is 1.19. The molecular weight excluding hydrogens is 456 g/mol. The van der Waals surface area contributed by atoms with E-state index in [1.165, 1.54) is 11.5 Å². The zero-order valence-corrected chi connectivity index (χ0v) is 21.0. The number of carbonyl (C=O) groups is 2. The average Bonchev–Trinajstić information content (AvgIpc) is 3.57. The molecular formula is C24H32N4O5S. The van der Waals surface area contributed by atoms with E-state index in [1.807, 2.05) is 39.0 Å². The highest BCUT2D eigenvalue weighted by molar-refractivity contribution is 7.09. The van der Waals surface area contributed by atoms with Crippen molar-refractivity contribution in [1.29, 1.82) is 0 Å². The lowest BCUT2D eigenvalue weighted by Gasteiger charge is -2.22. The lowest BCUT2D eigenvalue weighted by Crippen LogP contribution is -2.41. The van der Waals surface area contributed by atoms with Crippen molar-refractivity contribution in [2.75, 3.05) is 44.9 Å². The zero-order valence-electron chi connectivity index (χ0n) is 20.2. The van der Waals surface area contributed by atoms with Crippen LogP contribution in [0.1, 0.15) is 56.8 Å². The number of anilines is 1. The minimum atomic E-state index is -0.150. The summed E-state index contributed by atoms with van der Waals surface area (Å²) in [5.74, 6) is 2.04. The summed E-state index contributed by atoms with van der Waals surface area (Å²) < 4.78 is 21.3. The molecule has 2 saturated heterocycles. The van der Waals surface area contributed by atoms with Crippen molar-refractivity contribution in [3.05, 3.63) is 29.6 Å². The Kier molecular flexibility index (Phi) is 7.67. The third kappa shape index (κ3) is 5.33. The normalized spacial score (nSPS) is 20.3. The van der Waals surface area contributed by atoms with Crippen molar-refractivity contribution in [3.63, 3.8) is 0 Å². The number of nitrogens with zero attached hydrogens (tertiary/aromatic N) is 4. The minimum Gasteiger partial charge on any atom is -0.493 e. The third-order valence-corrected chi connectivity index (χ3v) is 6.93. The number of rotatable bonds is 9. The maximum Gasteiger partial charge on any atom is 0.248 e. The van der Waals surface area contributed by atoms with Crippen LogP contribution in [-0.2, 0) is 14.3 Å². The summed E-state index contributed by atoms with van der Waals surface area (Å²) in [6, 6.07) is 5.79. The van der Waals surface area contributed by atoms with Gasteiger partial charge in [-0.25, -0.2) is 4.98 Å². The number of aromatic nitrogens is 2. The van der Waals surface area contributed by atoms with E-state index in [2.05, 4.69) is 9.36 Å². The Hall–Kier alpha value is -2.72. The molecule has 0 unspecified atom stereocenters. The van der Waals surface area contributed by atoms with E-state index < -0.39 is 0 Å². The van der Waals surface area contributed by atoms with Crippen molar-refractivity contribution in [1.82, 2.24) is 14.3 Å². The molecule has 10 heteroatoms. The van der Waals surface area contributed by atoms with E-state index in [-0.39, 0.29) is 36.3 Å². The van der Waals surface area contributed by atoms with Crippen LogP contribution >= 0.6 is 11.5 Å². The summed E-state index contributed by atoms with van der Waals surface area (Å²) in [4.78, 5) is 33.6. The molecule has 0 aliphatic carbocycles. The molecule has 2 fully saturated rings. The van der Waals surface area contributed by atoms with E-state index in [4.69, 9.17) is 14.2 Å². The van der Waals surface area contributed by atoms with Crippen LogP contribution in [0, 0.1) is 0 Å². The Balaban J connectivity index is 1.43. The molecule has 2 aliphatic heterocycles. The van der Waals surface area contributed by atoms with E-state index >= 15 is 0 Å². The molecule has 1 aromatic carbocycles. The van der Waals surface area contributed by atoms with Crippen LogP contribution in [0.15, 0.2) is 18.2 Å². The number of carbonyl (C=O) groups excluding carboxylic acids is 2. The van der Waals surface area contributed by atoms with Gasteiger partial charge in [-0.15, -0.1) is 0 Å². The topological polar surface area (TPSA) is 94.1 Å². The minimum absolute atomic E-state index is 0.0000643. The maximum absolute atomic E-state index is 13.1. The Labute approximate surface area is 204 Å². The summed E-state index contributed by atoms with van der Waals surface area (Å²) in [6.45, 7) is 8.17. The van der Waals surface area contributed by atoms with Gasteiger partial charge < -0.3 is 19.1 Å². The van der Waals surface area contributed by atoms with Crippen LogP contribution in [0.2, 0.25) is 0 Å². The van der Waals surface area contributed by atoms with Crippen molar-refractivity contribution < 1.29 is 23.8 Å². The van der Waals surface area contributed by atoms with Gasteiger partial charge in [-0.1, -0.05) is 19.9 Å². The fourth-order valence-corrected chi connectivity index (χ4v) is 5.10. The monoisotopic (exact) mass is 488 g/mol. The summed E-state index contributed by atoms with van der Waals surface area (Å²) >= 11 is 1.22. The maximum atomic E-state index is 13.1. The second-order valence-electron chi connectivity index (χ2n) is 8.92. The molecule has 0 spiro atoms. The van der Waals surface area contributed by atoms with Crippen LogP contribution < -0.4 is 14.4 Å². The fraction of sp³-hybridized carbons (Fsp3) is 0.583. The average molecular weight is 489 g/mol. The Morgan fingerprint density at radius 2 is 2.18 bits per heavy atom. The second kappa shape index (κ2) is 10.7. The molecule has 34 heavy (non-hydrogen) atoms. The quantitative estimate of drug-likeness (QED) is 0.535. The van der Waals surface area contributed by atoms with Crippen LogP contribution in [-0.4, -0.2) is 72.1 Å². The standard InChI is InChI=1S/C24H32N4O5S/c1-5-28(24-25-23(15(2)3)26-34-24)22(30)13-27-12-17(11-21(27)29)16-6-7-19(31-4)20(10-16)33-18-8-9-32-14-18/h6-7,10,15,17-18H,5,8-9,11-14H2,1-4H3/t17-,18-/m1/s1. The van der Waals surface area contributed by atoms with Gasteiger partial charge in [0.05, 0.1) is 20.3 Å². The number of likely N-dealkylation sites (tertiary alicyclic amines) is 1. The molecule has 1 aromatic heterocycles. The van der Waals surface area contributed by atoms with Gasteiger partial charge in [-0.2, -0.15) is 4.37 Å². The van der Waals surface area contributed by atoms with E-state index in [1.54, 1.807) is 16.9 Å². The molecule has 2 aromatic rings. The molecule has 3 heterocycles. The van der Waals surface area contributed by atoms with E-state index in [9.17, 15) is 9.59 Å². The summed E-state index contributed by atoms with van der Waals surface area (Å²) in [5.41, 5.74) is 0.996. The van der Waals surface area contributed by atoms with Crippen molar-refractivity contribution in [3.8, 4) is 11.5 Å². The first-order chi connectivity index (χ1) is 16.4. The third-order valence-electron chi connectivity index (χ3n) is 6.18. The molecule has 9 nitrogen and oxygen atoms in total. The molecule has 0 bridgehead atoms. The summed E-state index contributed by atoms with van der Waals surface area (Å²) in [7, 11) is 1.61. The molecule has 2 atom stereocenters. The molecule has 2 amide bonds. The van der Waals surface area contributed by atoms with Gasteiger partial charge in [0.2, 0.25) is 16.9 Å². The number of hydrogen-bond donors (Lipinski definition) is 0. The number of ether oxygens (including phenoxy) is 3. The molecule has 0 radical (unpaired) electrons. The van der Waals surface area contributed by atoms with Crippen LogP contribution in [0.4, 0.5) is 5.13 Å². The van der Waals surface area contributed by atoms with E-state index in [0.717, 1.165) is 17.8 Å². The Morgan fingerprint density at radius 3 is 2.82 bits per heavy atom. The van der Waals surface area contributed by atoms with Gasteiger partial charge in [-0.3, -0.25) is 14.5 Å². The largest absolute Gasteiger partial charge is 0.493 e. The van der Waals surface area contributed by atoms with Crippen molar-refractivity contribution in [2.24, 2.45) is 0 Å². The van der Waals surface area contributed by atoms with E-state index in [0.29, 0.717) is 49.4 Å². The van der Waals surface area contributed by atoms with Crippen molar-refractivity contribution >= 4 is 28.5 Å². The molecule has 184 valence electrons. The first-order valence-corrected chi connectivity index (χ1v) is 12.5. The van der Waals surface area contributed by atoms with Crippen LogP contribution in [0.3, 0.4) is 0 Å². The highest BCUT2D eigenvalue weighted by atomic mass is 32.1. The first kappa shape index (κ1) is 24.4. The van der Waals surface area contributed by atoms with Gasteiger partial charge in [0.25, 0.3) is 0 Å².